The lowest BCUT2D eigenvalue weighted by Gasteiger charge is -2.42. The molecule has 6 nitrogen and oxygen atoms in total. The summed E-state index contributed by atoms with van der Waals surface area (Å²) in [5.74, 6) is -1.03. The fraction of sp³-hybridized carbons (Fsp3) is 0.480. The second kappa shape index (κ2) is 9.48. The van der Waals surface area contributed by atoms with E-state index in [-0.39, 0.29) is 30.8 Å². The first-order valence-corrected chi connectivity index (χ1v) is 14.4. The molecule has 1 heterocycles. The van der Waals surface area contributed by atoms with Crippen LogP contribution < -0.4 is 0 Å². The zero-order valence-electron chi connectivity index (χ0n) is 20.5. The summed E-state index contributed by atoms with van der Waals surface area (Å²) >= 11 is 0. The monoisotopic (exact) mass is 545 g/mol. The first kappa shape index (κ1) is 28.2. The summed E-state index contributed by atoms with van der Waals surface area (Å²) in [6, 6.07) is 11.4. The average Bonchev–Trinajstić information content (AvgIpc) is 2.83. The minimum Gasteiger partial charge on any atom is -0.341 e. The van der Waals surface area contributed by atoms with E-state index in [2.05, 4.69) is 0 Å². The second-order valence-electron chi connectivity index (χ2n) is 10.0. The van der Waals surface area contributed by atoms with Gasteiger partial charge in [0.05, 0.1) is 20.1 Å². The number of sulfone groups is 2. The minimum absolute atomic E-state index is 0.0338. The largest absolute Gasteiger partial charge is 0.416 e. The van der Waals surface area contributed by atoms with Gasteiger partial charge in [-0.25, -0.2) is 16.8 Å². The van der Waals surface area contributed by atoms with Gasteiger partial charge in [0.15, 0.2) is 19.7 Å². The van der Waals surface area contributed by atoms with Crippen LogP contribution in [0.25, 0.3) is 0 Å². The van der Waals surface area contributed by atoms with Gasteiger partial charge in [0.2, 0.25) is 5.91 Å². The molecule has 1 saturated heterocycles. The number of halogens is 3. The summed E-state index contributed by atoms with van der Waals surface area (Å²) in [4.78, 5) is 14.3. The first-order valence-electron chi connectivity index (χ1n) is 11.4. The van der Waals surface area contributed by atoms with Gasteiger partial charge in [-0.1, -0.05) is 24.3 Å². The Kier molecular flexibility index (Phi) is 7.42. The van der Waals surface area contributed by atoms with Crippen LogP contribution in [0.5, 0.6) is 0 Å². The molecule has 0 unspecified atom stereocenters. The standard InChI is InChI=1S/C25H30F3NO5S2/c1-23(2,36(33,34)21-12-8-9-19(17-21)25(26,27)28)18-13-15-29(16-14-18)22(30)24(3,4)35(31,32)20-10-6-5-7-11-20/h5-12,17-18H,13-16H2,1-4H3. The number of hydrogen-bond acceptors (Lipinski definition) is 5. The van der Waals surface area contributed by atoms with Crippen LogP contribution in [0.1, 0.15) is 46.1 Å². The molecular formula is C25H30F3NO5S2. The summed E-state index contributed by atoms with van der Waals surface area (Å²) in [6.07, 6.45) is -4.15. The molecule has 198 valence electrons. The van der Waals surface area contributed by atoms with Crippen LogP contribution in [-0.2, 0) is 30.6 Å². The van der Waals surface area contributed by atoms with Gasteiger partial charge in [-0.15, -0.1) is 0 Å². The molecular weight excluding hydrogens is 515 g/mol. The maximum absolute atomic E-state index is 13.4. The molecule has 2 aromatic carbocycles. The molecule has 0 aromatic heterocycles. The van der Waals surface area contributed by atoms with Crippen LogP contribution in [0.4, 0.5) is 13.2 Å². The third-order valence-electron chi connectivity index (χ3n) is 7.17. The predicted molar refractivity (Wildman–Crippen MR) is 130 cm³/mol. The molecule has 3 rings (SSSR count). The number of benzene rings is 2. The van der Waals surface area contributed by atoms with Gasteiger partial charge in [-0.2, -0.15) is 13.2 Å². The van der Waals surface area contributed by atoms with Crippen molar-refractivity contribution in [1.29, 1.82) is 0 Å². The number of amides is 1. The zero-order chi connectivity index (χ0) is 27.2. The molecule has 0 aliphatic carbocycles. The number of piperidine rings is 1. The molecule has 0 N–H and O–H groups in total. The van der Waals surface area contributed by atoms with Gasteiger partial charge >= 0.3 is 6.18 Å². The third-order valence-corrected chi connectivity index (χ3v) is 12.2. The lowest BCUT2D eigenvalue weighted by atomic mass is 9.85. The van der Waals surface area contributed by atoms with E-state index in [1.54, 1.807) is 18.2 Å². The van der Waals surface area contributed by atoms with Crippen molar-refractivity contribution in [2.45, 2.75) is 66.0 Å². The second-order valence-corrected chi connectivity index (χ2v) is 15.1. The topological polar surface area (TPSA) is 88.6 Å². The van der Waals surface area contributed by atoms with Crippen LogP contribution in [0.2, 0.25) is 0 Å². The van der Waals surface area contributed by atoms with Crippen molar-refractivity contribution < 1.29 is 34.8 Å². The molecule has 1 fully saturated rings. The fourth-order valence-corrected chi connectivity index (χ4v) is 7.82. The van der Waals surface area contributed by atoms with Crippen LogP contribution in [-0.4, -0.2) is 50.2 Å². The molecule has 0 atom stereocenters. The van der Waals surface area contributed by atoms with Crippen molar-refractivity contribution in [3.05, 3.63) is 60.2 Å². The Morgan fingerprint density at radius 3 is 1.86 bits per heavy atom. The molecule has 1 aliphatic heterocycles. The average molecular weight is 546 g/mol. The van der Waals surface area contributed by atoms with Crippen LogP contribution in [0, 0.1) is 5.92 Å². The zero-order valence-corrected chi connectivity index (χ0v) is 22.2. The number of nitrogens with zero attached hydrogens (tertiary/aromatic N) is 1. The van der Waals surface area contributed by atoms with E-state index in [1.165, 1.54) is 44.7 Å². The van der Waals surface area contributed by atoms with Crippen LogP contribution >= 0.6 is 0 Å². The molecule has 11 heteroatoms. The highest BCUT2D eigenvalue weighted by atomic mass is 32.2. The van der Waals surface area contributed by atoms with Crippen LogP contribution in [0.15, 0.2) is 64.4 Å². The molecule has 0 bridgehead atoms. The lowest BCUT2D eigenvalue weighted by Crippen LogP contribution is -2.54. The highest BCUT2D eigenvalue weighted by Crippen LogP contribution is 2.40. The Hall–Kier alpha value is -2.40. The molecule has 0 radical (unpaired) electrons. The van der Waals surface area contributed by atoms with Gasteiger partial charge in [-0.05, 0) is 76.8 Å². The first-order chi connectivity index (χ1) is 16.4. The SMILES string of the molecule is CC(C)(C(=O)N1CCC(C(C)(C)S(=O)(=O)c2cccc(C(F)(F)F)c2)CC1)S(=O)(=O)c1ccccc1. The molecule has 1 amide bonds. The van der Waals surface area contributed by atoms with Crippen LogP contribution in [0.3, 0.4) is 0 Å². The smallest absolute Gasteiger partial charge is 0.341 e. The Balaban J connectivity index is 1.78. The van der Waals surface area contributed by atoms with Crippen molar-refractivity contribution in [1.82, 2.24) is 4.90 Å². The van der Waals surface area contributed by atoms with Crippen molar-refractivity contribution in [3.63, 3.8) is 0 Å². The van der Waals surface area contributed by atoms with E-state index in [9.17, 15) is 34.8 Å². The summed E-state index contributed by atoms with van der Waals surface area (Å²) in [5.41, 5.74) is -1.04. The van der Waals surface area contributed by atoms with E-state index in [0.717, 1.165) is 18.2 Å². The summed E-state index contributed by atoms with van der Waals surface area (Å²) in [6.45, 7) is 5.94. The quantitative estimate of drug-likeness (QED) is 0.523. The fourth-order valence-electron chi connectivity index (χ4n) is 4.53. The highest BCUT2D eigenvalue weighted by Gasteiger charge is 2.48. The number of hydrogen-bond donors (Lipinski definition) is 0. The number of alkyl halides is 3. The lowest BCUT2D eigenvalue weighted by molar-refractivity contribution is -0.137. The van der Waals surface area contributed by atoms with E-state index in [1.807, 2.05) is 0 Å². The van der Waals surface area contributed by atoms with Gasteiger partial charge < -0.3 is 4.90 Å². The summed E-state index contributed by atoms with van der Waals surface area (Å²) in [5, 5.41) is 0. The van der Waals surface area contributed by atoms with Gasteiger partial charge in [-0.3, -0.25) is 4.79 Å². The Morgan fingerprint density at radius 2 is 1.33 bits per heavy atom. The number of rotatable bonds is 6. The van der Waals surface area contributed by atoms with Crippen molar-refractivity contribution in [2.75, 3.05) is 13.1 Å². The van der Waals surface area contributed by atoms with Crippen molar-refractivity contribution in [3.8, 4) is 0 Å². The number of carbonyl (C=O) groups excluding carboxylic acids is 1. The summed E-state index contributed by atoms with van der Waals surface area (Å²) in [7, 11) is -8.13. The number of carbonyl (C=O) groups is 1. The van der Waals surface area contributed by atoms with Gasteiger partial charge in [0.1, 0.15) is 4.75 Å². The number of likely N-dealkylation sites (tertiary alicyclic amines) is 1. The molecule has 0 spiro atoms. The molecule has 1 aliphatic rings. The maximum atomic E-state index is 13.4. The normalized spacial score (nSPS) is 16.7. The summed E-state index contributed by atoms with van der Waals surface area (Å²) < 4.78 is 89.3. The Bertz CT molecular complexity index is 1330. The predicted octanol–water partition coefficient (Wildman–Crippen LogP) is 4.75. The highest BCUT2D eigenvalue weighted by molar-refractivity contribution is 7.93. The Labute approximate surface area is 210 Å². The van der Waals surface area contributed by atoms with Crippen molar-refractivity contribution >= 4 is 25.6 Å². The van der Waals surface area contributed by atoms with Gasteiger partial charge in [0.25, 0.3) is 0 Å². The van der Waals surface area contributed by atoms with Gasteiger partial charge in [0, 0.05) is 13.1 Å². The Morgan fingerprint density at radius 1 is 0.806 bits per heavy atom. The molecule has 0 saturated carbocycles. The molecule has 2 aromatic rings. The minimum atomic E-state index is -4.67. The van der Waals surface area contributed by atoms with E-state index in [4.69, 9.17) is 0 Å². The van der Waals surface area contributed by atoms with E-state index >= 15 is 0 Å². The third kappa shape index (κ3) is 4.91. The maximum Gasteiger partial charge on any atom is 0.416 e. The molecule has 36 heavy (non-hydrogen) atoms. The van der Waals surface area contributed by atoms with E-state index in [0.29, 0.717) is 6.07 Å². The van der Waals surface area contributed by atoms with E-state index < -0.39 is 57.6 Å². The van der Waals surface area contributed by atoms with Crippen molar-refractivity contribution in [2.24, 2.45) is 5.92 Å².